The predicted octanol–water partition coefficient (Wildman–Crippen LogP) is 2.82. The summed E-state index contributed by atoms with van der Waals surface area (Å²) in [6.07, 6.45) is 10.4. The Labute approximate surface area is 194 Å². The molecule has 0 saturated heterocycles. The van der Waals surface area contributed by atoms with Crippen LogP contribution in [-0.4, -0.2) is 30.9 Å². The van der Waals surface area contributed by atoms with E-state index in [4.69, 9.17) is 28.1 Å². The number of carbonyl (C=O) groups excluding carboxylic acids is 1. The molecule has 0 aliphatic heterocycles. The minimum Gasteiger partial charge on any atom is -0.404 e. The first-order valence-corrected chi connectivity index (χ1v) is 11.0. The third-order valence-electron chi connectivity index (χ3n) is 5.67. The fourth-order valence-electron chi connectivity index (χ4n) is 3.78. The fourth-order valence-corrected chi connectivity index (χ4v) is 3.94. The van der Waals surface area contributed by atoms with E-state index in [0.717, 1.165) is 16.9 Å². The van der Waals surface area contributed by atoms with Crippen molar-refractivity contribution in [1.82, 2.24) is 24.1 Å². The van der Waals surface area contributed by atoms with Crippen LogP contribution in [0.3, 0.4) is 0 Å². The largest absolute Gasteiger partial charge is 0.404 e. The summed E-state index contributed by atoms with van der Waals surface area (Å²) in [5, 5.41) is 3.42. The summed E-state index contributed by atoms with van der Waals surface area (Å²) in [6, 6.07) is 7.54. The Morgan fingerprint density at radius 3 is 2.97 bits per heavy atom. The molecule has 1 aliphatic rings. The maximum Gasteiger partial charge on any atom is 0.254 e. The van der Waals surface area contributed by atoms with Gasteiger partial charge in [-0.15, -0.1) is 0 Å². The number of aliphatic imine (C=N–C) groups is 1. The molecule has 0 bridgehead atoms. The van der Waals surface area contributed by atoms with E-state index in [1.807, 2.05) is 27.3 Å². The molecule has 1 fully saturated rings. The predicted molar refractivity (Wildman–Crippen MR) is 128 cm³/mol. The number of aromatic nitrogens is 4. The van der Waals surface area contributed by atoms with Crippen LogP contribution in [0, 0.1) is 0 Å². The molecule has 0 unspecified atom stereocenters. The highest BCUT2D eigenvalue weighted by Gasteiger charge is 2.27. The number of carbonyl (C=O) groups is 1. The lowest BCUT2D eigenvalue weighted by atomic mass is 10.2. The molecule has 1 saturated carbocycles. The summed E-state index contributed by atoms with van der Waals surface area (Å²) >= 11 is 6.07. The van der Waals surface area contributed by atoms with Crippen LogP contribution in [0.2, 0.25) is 5.02 Å². The molecule has 5 rings (SSSR count). The van der Waals surface area contributed by atoms with E-state index in [0.29, 0.717) is 29.0 Å². The number of hydrogen-bond acceptors (Lipinski definition) is 6. The van der Waals surface area contributed by atoms with Crippen LogP contribution < -0.4 is 16.8 Å². The molecule has 0 aromatic carbocycles. The number of nitrogens with one attached hydrogen (secondary N) is 1. The van der Waals surface area contributed by atoms with E-state index < -0.39 is 0 Å². The zero-order chi connectivity index (χ0) is 22.9. The van der Waals surface area contributed by atoms with Crippen LogP contribution in [0.25, 0.3) is 11.2 Å². The summed E-state index contributed by atoms with van der Waals surface area (Å²) < 4.78 is 3.73. The molecule has 0 atom stereocenters. The molecule has 4 aromatic rings. The smallest absolute Gasteiger partial charge is 0.254 e. The van der Waals surface area contributed by atoms with Crippen LogP contribution in [0.4, 0.5) is 5.82 Å². The van der Waals surface area contributed by atoms with Gasteiger partial charge in [0.25, 0.3) is 5.91 Å². The zero-order valence-electron chi connectivity index (χ0n) is 17.8. The third kappa shape index (κ3) is 4.27. The highest BCUT2D eigenvalue weighted by atomic mass is 35.5. The second kappa shape index (κ2) is 8.59. The minimum atomic E-state index is -0.348. The lowest BCUT2D eigenvalue weighted by Gasteiger charge is -2.04. The Hall–Kier alpha value is -3.85. The van der Waals surface area contributed by atoms with Crippen molar-refractivity contribution in [2.24, 2.45) is 10.7 Å². The fraction of sp³-hybridized carbons (Fsp3) is 0.217. The van der Waals surface area contributed by atoms with Gasteiger partial charge in [-0.3, -0.25) is 14.2 Å². The lowest BCUT2D eigenvalue weighted by molar-refractivity contribution is -0.117. The minimum absolute atomic E-state index is 0.233. The first-order valence-electron chi connectivity index (χ1n) is 10.6. The molecule has 1 amide bonds. The van der Waals surface area contributed by atoms with E-state index in [9.17, 15) is 4.79 Å². The van der Waals surface area contributed by atoms with Crippen LogP contribution in [0.15, 0.2) is 59.8 Å². The van der Waals surface area contributed by atoms with Crippen LogP contribution in [0.5, 0.6) is 0 Å². The van der Waals surface area contributed by atoms with Gasteiger partial charge in [-0.2, -0.15) is 0 Å². The highest BCUT2D eigenvalue weighted by molar-refractivity contribution is 6.30. The number of rotatable bonds is 7. The van der Waals surface area contributed by atoms with Crippen molar-refractivity contribution in [2.45, 2.75) is 31.8 Å². The maximum atomic E-state index is 12.6. The van der Waals surface area contributed by atoms with Crippen LogP contribution >= 0.6 is 11.6 Å². The number of anilines is 1. The van der Waals surface area contributed by atoms with Crippen LogP contribution in [0.1, 0.15) is 35.7 Å². The summed E-state index contributed by atoms with van der Waals surface area (Å²) in [7, 11) is 0. The van der Waals surface area contributed by atoms with Crippen molar-refractivity contribution in [2.75, 3.05) is 5.73 Å². The molecule has 0 radical (unpaired) electrons. The van der Waals surface area contributed by atoms with E-state index in [-0.39, 0.29) is 18.0 Å². The number of nitrogens with zero attached hydrogens (tertiary/aromatic N) is 5. The summed E-state index contributed by atoms with van der Waals surface area (Å²) in [4.78, 5) is 26.0. The van der Waals surface area contributed by atoms with Gasteiger partial charge in [-0.05, 0) is 42.5 Å². The van der Waals surface area contributed by atoms with Crippen LogP contribution in [-0.2, 0) is 17.9 Å². The Morgan fingerprint density at radius 2 is 2.18 bits per heavy atom. The number of fused-ring (bicyclic) bond motifs is 2. The molecule has 4 heterocycles. The molecule has 0 spiro atoms. The molecule has 1 aliphatic carbocycles. The normalized spacial score (nSPS) is 14.5. The molecule has 4 aromatic heterocycles. The Bertz CT molecular complexity index is 1410. The molecule has 168 valence electrons. The number of pyridine rings is 2. The average molecular weight is 463 g/mol. The zero-order valence-corrected chi connectivity index (χ0v) is 18.5. The van der Waals surface area contributed by atoms with Crippen molar-refractivity contribution in [3.8, 4) is 0 Å². The van der Waals surface area contributed by atoms with E-state index in [2.05, 4.69) is 21.4 Å². The van der Waals surface area contributed by atoms with Gasteiger partial charge in [0.05, 0.1) is 41.9 Å². The standard InChI is InChI=1S/C23H23ClN8O/c24-16-5-6-31-13-29-19(20(31)7-16)11-28-23(33)15(8-25)9-27-10-17-12-32-21(26)4-3-18(14-1-2-14)22(32)30-17/h3-9,12-14H,1-2,10-11,25-26H2,(H,28,33). The van der Waals surface area contributed by atoms with Gasteiger partial charge in [-0.25, -0.2) is 9.97 Å². The molecule has 5 N–H and O–H groups in total. The molecular formula is C23H23ClN8O. The quantitative estimate of drug-likeness (QED) is 0.287. The van der Waals surface area contributed by atoms with E-state index in [1.54, 1.807) is 18.5 Å². The van der Waals surface area contributed by atoms with Crippen molar-refractivity contribution in [3.05, 3.63) is 76.7 Å². The Morgan fingerprint density at radius 1 is 1.33 bits per heavy atom. The first-order chi connectivity index (χ1) is 16.0. The number of halogens is 1. The van der Waals surface area contributed by atoms with Crippen molar-refractivity contribution >= 4 is 40.7 Å². The molecule has 10 heteroatoms. The van der Waals surface area contributed by atoms with Crippen molar-refractivity contribution in [1.29, 1.82) is 0 Å². The van der Waals surface area contributed by atoms with Crippen molar-refractivity contribution in [3.63, 3.8) is 0 Å². The second-order valence-electron chi connectivity index (χ2n) is 8.02. The number of hydrogen-bond donors (Lipinski definition) is 3. The highest BCUT2D eigenvalue weighted by Crippen LogP contribution is 2.42. The Balaban J connectivity index is 1.25. The first kappa shape index (κ1) is 21.0. The average Bonchev–Trinajstić information content (AvgIpc) is 3.43. The SMILES string of the molecule is NC=C(C=NCc1cn2c(N)ccc(C3CC3)c2n1)C(=O)NCc1ncn2ccc(Cl)cc12. The van der Waals surface area contributed by atoms with Crippen molar-refractivity contribution < 1.29 is 4.79 Å². The number of amides is 1. The Kier molecular flexibility index (Phi) is 5.47. The molecule has 9 nitrogen and oxygen atoms in total. The maximum absolute atomic E-state index is 12.6. The van der Waals surface area contributed by atoms with Gasteiger partial charge < -0.3 is 21.2 Å². The van der Waals surface area contributed by atoms with E-state index >= 15 is 0 Å². The van der Waals surface area contributed by atoms with E-state index in [1.165, 1.54) is 30.8 Å². The van der Waals surface area contributed by atoms with Gasteiger partial charge in [-0.1, -0.05) is 17.7 Å². The topological polar surface area (TPSA) is 128 Å². The molecule has 33 heavy (non-hydrogen) atoms. The van der Waals surface area contributed by atoms with Gasteiger partial charge in [0.1, 0.15) is 11.5 Å². The summed E-state index contributed by atoms with van der Waals surface area (Å²) in [5.74, 6) is 0.845. The van der Waals surface area contributed by atoms with Gasteiger partial charge in [0.2, 0.25) is 0 Å². The van der Waals surface area contributed by atoms with Gasteiger partial charge in [0, 0.05) is 29.8 Å². The lowest BCUT2D eigenvalue weighted by Crippen LogP contribution is -2.26. The summed E-state index contributed by atoms with van der Waals surface area (Å²) in [5.41, 5.74) is 16.4. The monoisotopic (exact) mass is 462 g/mol. The van der Waals surface area contributed by atoms with Gasteiger partial charge >= 0.3 is 0 Å². The third-order valence-corrected chi connectivity index (χ3v) is 5.90. The number of nitrogens with two attached hydrogens (primary N) is 2. The number of nitrogen functional groups attached to an aromatic ring is 1. The number of imidazole rings is 2. The summed E-state index contributed by atoms with van der Waals surface area (Å²) in [6.45, 7) is 0.538. The second-order valence-corrected chi connectivity index (χ2v) is 8.45. The van der Waals surface area contributed by atoms with Gasteiger partial charge in [0.15, 0.2) is 0 Å². The molecular weight excluding hydrogens is 440 g/mol.